The van der Waals surface area contributed by atoms with E-state index in [1.54, 1.807) is 0 Å². The molecule has 2 aromatic carbocycles. The van der Waals surface area contributed by atoms with E-state index < -0.39 is 0 Å². The molecule has 2 N–H and O–H groups in total. The molecule has 0 unspecified atom stereocenters. The maximum Gasteiger partial charge on any atom is 0.319 e. The fourth-order valence-corrected chi connectivity index (χ4v) is 1.92. The summed E-state index contributed by atoms with van der Waals surface area (Å²) in [5.41, 5.74) is 2.94. The Labute approximate surface area is 121 Å². The van der Waals surface area contributed by atoms with Crippen molar-refractivity contribution in [3.8, 4) is 0 Å². The first-order valence-corrected chi connectivity index (χ1v) is 6.79. The van der Waals surface area contributed by atoms with Gasteiger partial charge in [-0.2, -0.15) is 0 Å². The molecule has 0 aliphatic rings. The third kappa shape index (κ3) is 4.10. The molecule has 98 valence electrons. The maximum absolute atomic E-state index is 11.7. The van der Waals surface area contributed by atoms with Gasteiger partial charge in [0, 0.05) is 16.7 Å². The van der Waals surface area contributed by atoms with E-state index >= 15 is 0 Å². The summed E-state index contributed by atoms with van der Waals surface area (Å²) in [6.45, 7) is 2.50. The highest BCUT2D eigenvalue weighted by atomic mass is 79.9. The van der Waals surface area contributed by atoms with E-state index in [1.807, 2.05) is 55.5 Å². The smallest absolute Gasteiger partial charge is 0.319 e. The molecule has 0 saturated heterocycles. The number of nitrogens with one attached hydrogen (secondary N) is 2. The Morgan fingerprint density at radius 3 is 2.58 bits per heavy atom. The lowest BCUT2D eigenvalue weighted by atomic mass is 10.2. The average molecular weight is 319 g/mol. The fourth-order valence-electron chi connectivity index (χ4n) is 1.68. The molecule has 4 heteroatoms. The first kappa shape index (κ1) is 13.6. The zero-order chi connectivity index (χ0) is 13.7. The van der Waals surface area contributed by atoms with E-state index in [1.165, 1.54) is 0 Å². The van der Waals surface area contributed by atoms with Crippen LogP contribution in [0.4, 0.5) is 10.5 Å². The molecule has 0 atom stereocenters. The highest BCUT2D eigenvalue weighted by molar-refractivity contribution is 9.10. The molecule has 0 spiro atoms. The standard InChI is InChI=1S/C15H15BrN2O/c1-11-9-13(7-8-14(11)16)18-15(19)17-10-12-5-3-2-4-6-12/h2-9H,10H2,1H3,(H2,17,18,19). The van der Waals surface area contributed by atoms with E-state index in [4.69, 9.17) is 0 Å². The first-order valence-electron chi connectivity index (χ1n) is 6.00. The van der Waals surface area contributed by atoms with Crippen molar-refractivity contribution in [3.63, 3.8) is 0 Å². The van der Waals surface area contributed by atoms with Crippen molar-refractivity contribution in [2.75, 3.05) is 5.32 Å². The highest BCUT2D eigenvalue weighted by Crippen LogP contribution is 2.19. The summed E-state index contributed by atoms with van der Waals surface area (Å²) in [6.07, 6.45) is 0. The van der Waals surface area contributed by atoms with Crippen LogP contribution >= 0.6 is 15.9 Å². The lowest BCUT2D eigenvalue weighted by molar-refractivity contribution is 0.251. The number of carbonyl (C=O) groups is 1. The molecule has 0 bridgehead atoms. The summed E-state index contributed by atoms with van der Waals surface area (Å²) >= 11 is 3.43. The second kappa shape index (κ2) is 6.38. The Kier molecular flexibility index (Phi) is 4.58. The van der Waals surface area contributed by atoms with Gasteiger partial charge in [-0.05, 0) is 36.2 Å². The molecule has 0 aromatic heterocycles. The van der Waals surface area contributed by atoms with Crippen LogP contribution in [0, 0.1) is 6.92 Å². The number of carbonyl (C=O) groups excluding carboxylic acids is 1. The maximum atomic E-state index is 11.7. The summed E-state index contributed by atoms with van der Waals surface area (Å²) in [5, 5.41) is 5.63. The molecule has 3 nitrogen and oxygen atoms in total. The molecule has 0 radical (unpaired) electrons. The summed E-state index contributed by atoms with van der Waals surface area (Å²) in [4.78, 5) is 11.7. The normalized spacial score (nSPS) is 10.0. The summed E-state index contributed by atoms with van der Waals surface area (Å²) in [5.74, 6) is 0. The zero-order valence-corrected chi connectivity index (χ0v) is 12.2. The topological polar surface area (TPSA) is 41.1 Å². The van der Waals surface area contributed by atoms with Crippen LogP contribution in [-0.4, -0.2) is 6.03 Å². The van der Waals surface area contributed by atoms with Crippen molar-refractivity contribution in [2.24, 2.45) is 0 Å². The Morgan fingerprint density at radius 1 is 1.16 bits per heavy atom. The van der Waals surface area contributed by atoms with Gasteiger partial charge < -0.3 is 10.6 Å². The van der Waals surface area contributed by atoms with E-state index in [2.05, 4.69) is 26.6 Å². The van der Waals surface area contributed by atoms with Crippen LogP contribution in [-0.2, 0) is 6.54 Å². The molecule has 0 aliphatic carbocycles. The molecule has 0 heterocycles. The molecular weight excluding hydrogens is 304 g/mol. The number of aryl methyl sites for hydroxylation is 1. The Morgan fingerprint density at radius 2 is 1.89 bits per heavy atom. The van der Waals surface area contributed by atoms with Gasteiger partial charge in [-0.15, -0.1) is 0 Å². The molecule has 2 amide bonds. The number of hydrogen-bond acceptors (Lipinski definition) is 1. The molecule has 19 heavy (non-hydrogen) atoms. The van der Waals surface area contributed by atoms with Gasteiger partial charge in [0.15, 0.2) is 0 Å². The fraction of sp³-hybridized carbons (Fsp3) is 0.133. The van der Waals surface area contributed by atoms with Gasteiger partial charge in [-0.25, -0.2) is 4.79 Å². The second-order valence-corrected chi connectivity index (χ2v) is 5.11. The lowest BCUT2D eigenvalue weighted by Gasteiger charge is -2.09. The predicted molar refractivity (Wildman–Crippen MR) is 81.2 cm³/mol. The van der Waals surface area contributed by atoms with Crippen LogP contribution < -0.4 is 10.6 Å². The van der Waals surface area contributed by atoms with Gasteiger partial charge in [-0.1, -0.05) is 46.3 Å². The van der Waals surface area contributed by atoms with E-state index in [9.17, 15) is 4.79 Å². The zero-order valence-electron chi connectivity index (χ0n) is 10.6. The van der Waals surface area contributed by atoms with Crippen LogP contribution in [0.1, 0.15) is 11.1 Å². The van der Waals surface area contributed by atoms with E-state index in [0.717, 1.165) is 21.3 Å². The van der Waals surface area contributed by atoms with Crippen LogP contribution in [0.3, 0.4) is 0 Å². The largest absolute Gasteiger partial charge is 0.334 e. The monoisotopic (exact) mass is 318 g/mol. The SMILES string of the molecule is Cc1cc(NC(=O)NCc2ccccc2)ccc1Br. The van der Waals surface area contributed by atoms with Gasteiger partial charge in [0.05, 0.1) is 0 Å². The van der Waals surface area contributed by atoms with Gasteiger partial charge in [0.2, 0.25) is 0 Å². The minimum Gasteiger partial charge on any atom is -0.334 e. The predicted octanol–water partition coefficient (Wildman–Crippen LogP) is 4.08. The van der Waals surface area contributed by atoms with Crippen molar-refractivity contribution in [2.45, 2.75) is 13.5 Å². The molecular formula is C15H15BrN2O. The number of benzene rings is 2. The van der Waals surface area contributed by atoms with Crippen LogP contribution in [0.5, 0.6) is 0 Å². The van der Waals surface area contributed by atoms with E-state index in [-0.39, 0.29) is 6.03 Å². The van der Waals surface area contributed by atoms with Gasteiger partial charge in [-0.3, -0.25) is 0 Å². The van der Waals surface area contributed by atoms with Crippen molar-refractivity contribution in [1.29, 1.82) is 0 Å². The van der Waals surface area contributed by atoms with Crippen molar-refractivity contribution in [1.82, 2.24) is 5.32 Å². The average Bonchev–Trinajstić information content (AvgIpc) is 2.42. The Hall–Kier alpha value is -1.81. The number of rotatable bonds is 3. The van der Waals surface area contributed by atoms with Gasteiger partial charge >= 0.3 is 6.03 Å². The summed E-state index contributed by atoms with van der Waals surface area (Å²) in [6, 6.07) is 15.3. The van der Waals surface area contributed by atoms with Gasteiger partial charge in [0.1, 0.15) is 0 Å². The number of hydrogen-bond donors (Lipinski definition) is 2. The molecule has 0 saturated carbocycles. The number of halogens is 1. The Bertz CT molecular complexity index is 570. The minimum atomic E-state index is -0.203. The molecule has 0 aliphatic heterocycles. The number of amides is 2. The number of urea groups is 1. The van der Waals surface area contributed by atoms with Crippen LogP contribution in [0.25, 0.3) is 0 Å². The molecule has 2 aromatic rings. The third-order valence-corrected chi connectivity index (χ3v) is 3.60. The van der Waals surface area contributed by atoms with Crippen molar-refractivity contribution in [3.05, 3.63) is 64.1 Å². The Balaban J connectivity index is 1.89. The first-order chi connectivity index (χ1) is 9.15. The third-order valence-electron chi connectivity index (χ3n) is 2.71. The molecule has 2 rings (SSSR count). The van der Waals surface area contributed by atoms with E-state index in [0.29, 0.717) is 6.54 Å². The van der Waals surface area contributed by atoms with Crippen molar-refractivity contribution >= 4 is 27.6 Å². The second-order valence-electron chi connectivity index (χ2n) is 4.26. The van der Waals surface area contributed by atoms with Crippen molar-refractivity contribution < 1.29 is 4.79 Å². The quantitative estimate of drug-likeness (QED) is 0.879. The summed E-state index contributed by atoms with van der Waals surface area (Å²) in [7, 11) is 0. The van der Waals surface area contributed by atoms with Gasteiger partial charge in [0.25, 0.3) is 0 Å². The highest BCUT2D eigenvalue weighted by Gasteiger charge is 2.03. The van der Waals surface area contributed by atoms with Crippen LogP contribution in [0.15, 0.2) is 53.0 Å². The summed E-state index contributed by atoms with van der Waals surface area (Å²) < 4.78 is 1.03. The van der Waals surface area contributed by atoms with Crippen LogP contribution in [0.2, 0.25) is 0 Å². The minimum absolute atomic E-state index is 0.203. The molecule has 0 fully saturated rings. The number of anilines is 1. The lowest BCUT2D eigenvalue weighted by Crippen LogP contribution is -2.28.